The highest BCUT2D eigenvalue weighted by molar-refractivity contribution is 6.06. The molecule has 1 aromatic rings. The number of anilines is 1. The molecule has 120 valence electrons. The molecule has 1 aliphatic rings. The molecule has 22 heavy (non-hydrogen) atoms. The predicted molar refractivity (Wildman–Crippen MR) is 86.3 cm³/mol. The van der Waals surface area contributed by atoms with E-state index in [1.165, 1.54) is 0 Å². The van der Waals surface area contributed by atoms with Crippen LogP contribution in [0.2, 0.25) is 0 Å². The zero-order valence-electron chi connectivity index (χ0n) is 13.4. The van der Waals surface area contributed by atoms with Gasteiger partial charge in [0.2, 0.25) is 0 Å². The topological polar surface area (TPSA) is 49.9 Å². The first kappa shape index (κ1) is 16.5. The molecule has 1 fully saturated rings. The van der Waals surface area contributed by atoms with Crippen LogP contribution in [0.15, 0.2) is 24.3 Å². The Kier molecular flexibility index (Phi) is 5.95. The lowest BCUT2D eigenvalue weighted by Crippen LogP contribution is -2.46. The summed E-state index contributed by atoms with van der Waals surface area (Å²) in [5, 5.41) is 0. The molecule has 0 bridgehead atoms. The van der Waals surface area contributed by atoms with Crippen molar-refractivity contribution in [2.24, 2.45) is 0 Å². The number of hydrogen-bond acceptors (Lipinski definition) is 5. The predicted octanol–water partition coefficient (Wildman–Crippen LogP) is 1.96. The van der Waals surface area contributed by atoms with E-state index in [1.54, 1.807) is 19.1 Å². The van der Waals surface area contributed by atoms with Crippen molar-refractivity contribution in [3.05, 3.63) is 29.8 Å². The smallest absolute Gasteiger partial charge is 0.313 e. The van der Waals surface area contributed by atoms with E-state index in [0.717, 1.165) is 38.4 Å². The zero-order valence-corrected chi connectivity index (χ0v) is 13.4. The van der Waals surface area contributed by atoms with E-state index in [0.29, 0.717) is 12.2 Å². The molecule has 0 spiro atoms. The van der Waals surface area contributed by atoms with Gasteiger partial charge in [-0.25, -0.2) is 0 Å². The van der Waals surface area contributed by atoms with E-state index < -0.39 is 5.97 Å². The second-order valence-corrected chi connectivity index (χ2v) is 5.37. The van der Waals surface area contributed by atoms with Crippen LogP contribution in [0.4, 0.5) is 5.69 Å². The fraction of sp³-hybridized carbons (Fsp3) is 0.529. The van der Waals surface area contributed by atoms with E-state index in [2.05, 4.69) is 16.7 Å². The van der Waals surface area contributed by atoms with Gasteiger partial charge in [-0.05, 0) is 37.7 Å². The number of carbonyl (C=O) groups is 2. The summed E-state index contributed by atoms with van der Waals surface area (Å²) in [7, 11) is 0. The number of carbonyl (C=O) groups excluding carboxylic acids is 2. The van der Waals surface area contributed by atoms with Crippen LogP contribution in [0.25, 0.3) is 0 Å². The molecule has 1 aromatic carbocycles. The SMILES string of the molecule is CCOC(=O)CC(=O)c1ccc(N2CCN(CC)CC2)cc1. The van der Waals surface area contributed by atoms with Gasteiger partial charge in [0, 0.05) is 37.4 Å². The van der Waals surface area contributed by atoms with Gasteiger partial charge in [-0.3, -0.25) is 9.59 Å². The van der Waals surface area contributed by atoms with Crippen LogP contribution >= 0.6 is 0 Å². The molecule has 1 aliphatic heterocycles. The molecule has 0 radical (unpaired) electrons. The summed E-state index contributed by atoms with van der Waals surface area (Å²) in [6.45, 7) is 9.45. The van der Waals surface area contributed by atoms with Gasteiger partial charge in [0.15, 0.2) is 5.78 Å². The van der Waals surface area contributed by atoms with Gasteiger partial charge in [-0.15, -0.1) is 0 Å². The van der Waals surface area contributed by atoms with Crippen LogP contribution in [-0.2, 0) is 9.53 Å². The maximum absolute atomic E-state index is 12.0. The lowest BCUT2D eigenvalue weighted by molar-refractivity contribution is -0.141. The molecule has 0 saturated carbocycles. The van der Waals surface area contributed by atoms with Crippen molar-refractivity contribution in [3.8, 4) is 0 Å². The minimum Gasteiger partial charge on any atom is -0.466 e. The summed E-state index contributed by atoms with van der Waals surface area (Å²) in [4.78, 5) is 28.1. The van der Waals surface area contributed by atoms with Gasteiger partial charge in [-0.1, -0.05) is 6.92 Å². The molecule has 0 aliphatic carbocycles. The second-order valence-electron chi connectivity index (χ2n) is 5.37. The fourth-order valence-corrected chi connectivity index (χ4v) is 2.63. The number of Topliss-reactive ketones (excluding diaryl/α,β-unsaturated/α-hetero) is 1. The highest BCUT2D eigenvalue weighted by Crippen LogP contribution is 2.18. The average molecular weight is 304 g/mol. The minimum absolute atomic E-state index is 0.192. The van der Waals surface area contributed by atoms with E-state index in [9.17, 15) is 9.59 Å². The Morgan fingerprint density at radius 2 is 1.68 bits per heavy atom. The van der Waals surface area contributed by atoms with Crippen LogP contribution in [0, 0.1) is 0 Å². The first-order valence-corrected chi connectivity index (χ1v) is 7.90. The highest BCUT2D eigenvalue weighted by atomic mass is 16.5. The summed E-state index contributed by atoms with van der Waals surface area (Å²) in [6.07, 6.45) is -0.192. The van der Waals surface area contributed by atoms with Crippen LogP contribution in [-0.4, -0.2) is 56.0 Å². The van der Waals surface area contributed by atoms with Gasteiger partial charge in [0.1, 0.15) is 6.42 Å². The maximum atomic E-state index is 12.0. The van der Waals surface area contributed by atoms with Crippen LogP contribution in [0.3, 0.4) is 0 Å². The van der Waals surface area contributed by atoms with Crippen LogP contribution in [0.1, 0.15) is 30.6 Å². The Balaban J connectivity index is 1.93. The summed E-state index contributed by atoms with van der Waals surface area (Å²) in [6, 6.07) is 7.51. The molecule has 0 aromatic heterocycles. The van der Waals surface area contributed by atoms with Crippen LogP contribution < -0.4 is 4.90 Å². The quantitative estimate of drug-likeness (QED) is 0.457. The molecular formula is C17H24N2O3. The molecule has 5 nitrogen and oxygen atoms in total. The van der Waals surface area contributed by atoms with E-state index >= 15 is 0 Å². The Labute approximate surface area is 131 Å². The van der Waals surface area contributed by atoms with Gasteiger partial charge in [-0.2, -0.15) is 0 Å². The maximum Gasteiger partial charge on any atom is 0.313 e. The molecule has 1 heterocycles. The van der Waals surface area contributed by atoms with Crippen molar-refractivity contribution in [1.29, 1.82) is 0 Å². The summed E-state index contributed by atoms with van der Waals surface area (Å²) in [5.74, 6) is -0.659. The molecule has 0 N–H and O–H groups in total. The third-order valence-corrected chi connectivity index (χ3v) is 3.98. The number of hydrogen-bond donors (Lipinski definition) is 0. The monoisotopic (exact) mass is 304 g/mol. The largest absolute Gasteiger partial charge is 0.466 e. The first-order chi connectivity index (χ1) is 10.6. The van der Waals surface area contributed by atoms with Crippen LogP contribution in [0.5, 0.6) is 0 Å². The number of nitrogens with zero attached hydrogens (tertiary/aromatic N) is 2. The third kappa shape index (κ3) is 4.31. The third-order valence-electron chi connectivity index (χ3n) is 3.98. The highest BCUT2D eigenvalue weighted by Gasteiger charge is 2.17. The number of rotatable bonds is 6. The average Bonchev–Trinajstić information content (AvgIpc) is 2.55. The Morgan fingerprint density at radius 1 is 1.05 bits per heavy atom. The summed E-state index contributed by atoms with van der Waals surface area (Å²) >= 11 is 0. The molecule has 1 saturated heterocycles. The molecule has 0 atom stereocenters. The Bertz CT molecular complexity index is 505. The molecule has 2 rings (SSSR count). The van der Waals surface area contributed by atoms with Crippen molar-refractivity contribution in [3.63, 3.8) is 0 Å². The lowest BCUT2D eigenvalue weighted by atomic mass is 10.1. The van der Waals surface area contributed by atoms with Gasteiger partial charge < -0.3 is 14.5 Å². The van der Waals surface area contributed by atoms with E-state index in [1.807, 2.05) is 12.1 Å². The minimum atomic E-state index is -0.465. The standard InChI is InChI=1S/C17H24N2O3/c1-3-18-9-11-19(12-10-18)15-7-5-14(6-8-15)16(20)13-17(21)22-4-2/h5-8H,3-4,9-13H2,1-2H3. The van der Waals surface area contributed by atoms with Gasteiger partial charge in [0.05, 0.1) is 6.61 Å². The van der Waals surface area contributed by atoms with E-state index in [4.69, 9.17) is 4.74 Å². The van der Waals surface area contributed by atoms with Crippen molar-refractivity contribution in [2.45, 2.75) is 20.3 Å². The number of piperazine rings is 1. The molecule has 0 amide bonds. The Morgan fingerprint density at radius 3 is 2.23 bits per heavy atom. The fourth-order valence-electron chi connectivity index (χ4n) is 2.63. The van der Waals surface area contributed by atoms with Crippen molar-refractivity contribution >= 4 is 17.4 Å². The summed E-state index contributed by atoms with van der Waals surface area (Å²) < 4.78 is 4.80. The number of likely N-dealkylation sites (N-methyl/N-ethyl adjacent to an activating group) is 1. The molecule has 0 unspecified atom stereocenters. The summed E-state index contributed by atoms with van der Waals surface area (Å²) in [5.41, 5.74) is 1.69. The number of esters is 1. The lowest BCUT2D eigenvalue weighted by Gasteiger charge is -2.35. The molecule has 5 heteroatoms. The van der Waals surface area contributed by atoms with Crippen molar-refractivity contribution in [1.82, 2.24) is 4.90 Å². The second kappa shape index (κ2) is 7.94. The first-order valence-electron chi connectivity index (χ1n) is 7.90. The molecular weight excluding hydrogens is 280 g/mol. The Hall–Kier alpha value is -1.88. The van der Waals surface area contributed by atoms with E-state index in [-0.39, 0.29) is 12.2 Å². The van der Waals surface area contributed by atoms with Crippen molar-refractivity contribution < 1.29 is 14.3 Å². The van der Waals surface area contributed by atoms with Gasteiger partial charge in [0.25, 0.3) is 0 Å². The van der Waals surface area contributed by atoms with Crippen molar-refractivity contribution in [2.75, 3.05) is 44.2 Å². The number of benzene rings is 1. The number of ether oxygens (including phenoxy) is 1. The number of ketones is 1. The normalized spacial score (nSPS) is 15.6. The zero-order chi connectivity index (χ0) is 15.9. The van der Waals surface area contributed by atoms with Gasteiger partial charge >= 0.3 is 5.97 Å².